The summed E-state index contributed by atoms with van der Waals surface area (Å²) in [5.74, 6) is 0. The largest absolute Gasteiger partial charge is 0.338 e. The Balaban J connectivity index is 1.44. The summed E-state index contributed by atoms with van der Waals surface area (Å²) in [5.41, 5.74) is 0. The quantitative estimate of drug-likeness (QED) is 0.669. The van der Waals surface area contributed by atoms with Crippen molar-refractivity contribution in [3.8, 4) is 0 Å². The maximum Gasteiger partial charge on any atom is 0.315 e. The lowest BCUT2D eigenvalue weighted by molar-refractivity contribution is 0.142. The number of carbonyl (C=O) groups is 1. The maximum atomic E-state index is 11.9. The molecule has 0 spiro atoms. The van der Waals surface area contributed by atoms with Crippen LogP contribution in [0.25, 0.3) is 0 Å². The number of nitrogens with zero attached hydrogens (tertiary/aromatic N) is 2. The van der Waals surface area contributed by atoms with Gasteiger partial charge < -0.3 is 20.4 Å². The molecule has 2 fully saturated rings. The zero-order valence-corrected chi connectivity index (χ0v) is 15.9. The van der Waals surface area contributed by atoms with E-state index in [0.29, 0.717) is 6.04 Å². The molecule has 1 heterocycles. The molecule has 5 heteroatoms. The van der Waals surface area contributed by atoms with Gasteiger partial charge in [0.2, 0.25) is 0 Å². The lowest BCUT2D eigenvalue weighted by Crippen LogP contribution is -2.43. The first-order chi connectivity index (χ1) is 11.6. The zero-order valence-electron chi connectivity index (χ0n) is 15.9. The standard InChI is InChI=1S/C19H38N4O/c1-22-15-11-18(12-16-22)23(2)14-8-4-7-13-20-19(24)21-17-9-5-3-6-10-17/h17-18H,3-16H2,1-2H3,(H2,20,21,24). The molecule has 1 aliphatic carbocycles. The van der Waals surface area contributed by atoms with Crippen molar-refractivity contribution >= 4 is 6.03 Å². The smallest absolute Gasteiger partial charge is 0.315 e. The minimum atomic E-state index is 0.0327. The van der Waals surface area contributed by atoms with E-state index in [1.807, 2.05) is 0 Å². The van der Waals surface area contributed by atoms with E-state index in [1.54, 1.807) is 0 Å². The highest BCUT2D eigenvalue weighted by Gasteiger charge is 2.19. The Labute approximate surface area is 148 Å². The molecule has 0 radical (unpaired) electrons. The molecule has 1 aliphatic heterocycles. The number of unbranched alkanes of at least 4 members (excludes halogenated alkanes) is 2. The summed E-state index contributed by atoms with van der Waals surface area (Å²) >= 11 is 0. The van der Waals surface area contributed by atoms with Crippen molar-refractivity contribution in [2.75, 3.05) is 40.3 Å². The summed E-state index contributed by atoms with van der Waals surface area (Å²) in [6.45, 7) is 4.45. The van der Waals surface area contributed by atoms with Gasteiger partial charge in [-0.2, -0.15) is 0 Å². The average molecular weight is 339 g/mol. The highest BCUT2D eigenvalue weighted by atomic mass is 16.2. The first-order valence-corrected chi connectivity index (χ1v) is 10.1. The molecule has 0 aromatic carbocycles. The molecule has 5 nitrogen and oxygen atoms in total. The molecule has 140 valence electrons. The van der Waals surface area contributed by atoms with E-state index >= 15 is 0 Å². The minimum absolute atomic E-state index is 0.0327. The third-order valence-electron chi connectivity index (χ3n) is 5.72. The Kier molecular flexibility index (Phi) is 8.89. The normalized spacial score (nSPS) is 21.1. The first kappa shape index (κ1) is 19.5. The van der Waals surface area contributed by atoms with Crippen LogP contribution in [0.15, 0.2) is 0 Å². The predicted molar refractivity (Wildman–Crippen MR) is 100 cm³/mol. The molecule has 2 N–H and O–H groups in total. The summed E-state index contributed by atoms with van der Waals surface area (Å²) in [6.07, 6.45) is 12.3. The Bertz CT molecular complexity index is 349. The van der Waals surface area contributed by atoms with E-state index in [9.17, 15) is 4.79 Å². The average Bonchev–Trinajstić information content (AvgIpc) is 2.59. The van der Waals surface area contributed by atoms with Crippen LogP contribution >= 0.6 is 0 Å². The first-order valence-electron chi connectivity index (χ1n) is 10.1. The highest BCUT2D eigenvalue weighted by Crippen LogP contribution is 2.17. The SMILES string of the molecule is CN1CCC(N(C)CCCCCNC(=O)NC2CCCCC2)CC1. The van der Waals surface area contributed by atoms with Crippen LogP contribution in [0.4, 0.5) is 4.79 Å². The van der Waals surface area contributed by atoms with Crippen molar-refractivity contribution < 1.29 is 4.79 Å². The van der Waals surface area contributed by atoms with Crippen LogP contribution in [-0.2, 0) is 0 Å². The maximum absolute atomic E-state index is 11.9. The van der Waals surface area contributed by atoms with Gasteiger partial charge in [-0.05, 0) is 72.3 Å². The molecule has 0 bridgehead atoms. The van der Waals surface area contributed by atoms with E-state index in [-0.39, 0.29) is 6.03 Å². The fourth-order valence-electron chi connectivity index (χ4n) is 3.97. The minimum Gasteiger partial charge on any atom is -0.338 e. The van der Waals surface area contributed by atoms with Crippen molar-refractivity contribution in [3.63, 3.8) is 0 Å². The second kappa shape index (κ2) is 10.9. The number of amides is 2. The van der Waals surface area contributed by atoms with Crippen LogP contribution in [0.1, 0.15) is 64.2 Å². The molecule has 0 aromatic heterocycles. The fourth-order valence-corrected chi connectivity index (χ4v) is 3.97. The Morgan fingerprint density at radius 3 is 2.46 bits per heavy atom. The van der Waals surface area contributed by atoms with Gasteiger partial charge in [-0.15, -0.1) is 0 Å². The molecule has 0 atom stereocenters. The third kappa shape index (κ3) is 7.39. The number of rotatable bonds is 8. The van der Waals surface area contributed by atoms with Gasteiger partial charge in [0.1, 0.15) is 0 Å². The van der Waals surface area contributed by atoms with Crippen LogP contribution in [0, 0.1) is 0 Å². The Morgan fingerprint density at radius 2 is 1.75 bits per heavy atom. The molecule has 2 rings (SSSR count). The molecule has 24 heavy (non-hydrogen) atoms. The molecule has 1 saturated carbocycles. The topological polar surface area (TPSA) is 47.6 Å². The molecule has 0 aromatic rings. The van der Waals surface area contributed by atoms with E-state index < -0.39 is 0 Å². The van der Waals surface area contributed by atoms with Gasteiger partial charge in [0.15, 0.2) is 0 Å². The van der Waals surface area contributed by atoms with Gasteiger partial charge in [-0.3, -0.25) is 0 Å². The summed E-state index contributed by atoms with van der Waals surface area (Å²) in [4.78, 5) is 16.8. The van der Waals surface area contributed by atoms with Crippen molar-refractivity contribution in [2.24, 2.45) is 0 Å². The number of hydrogen-bond acceptors (Lipinski definition) is 3. The zero-order chi connectivity index (χ0) is 17.2. The Morgan fingerprint density at radius 1 is 1.04 bits per heavy atom. The summed E-state index contributed by atoms with van der Waals surface area (Å²) < 4.78 is 0. The van der Waals surface area contributed by atoms with Gasteiger partial charge in [-0.1, -0.05) is 25.7 Å². The number of hydrogen-bond donors (Lipinski definition) is 2. The van der Waals surface area contributed by atoms with Crippen LogP contribution in [0.3, 0.4) is 0 Å². The summed E-state index contributed by atoms with van der Waals surface area (Å²) in [7, 11) is 4.49. The van der Waals surface area contributed by atoms with Gasteiger partial charge >= 0.3 is 6.03 Å². The van der Waals surface area contributed by atoms with E-state index in [0.717, 1.165) is 31.8 Å². The number of urea groups is 1. The molecular formula is C19H38N4O. The molecule has 1 saturated heterocycles. The number of likely N-dealkylation sites (tertiary alicyclic amines) is 1. The number of carbonyl (C=O) groups excluding carboxylic acids is 1. The molecule has 2 aliphatic rings. The van der Waals surface area contributed by atoms with E-state index in [1.165, 1.54) is 64.6 Å². The van der Waals surface area contributed by atoms with Gasteiger partial charge in [0.05, 0.1) is 0 Å². The van der Waals surface area contributed by atoms with E-state index in [2.05, 4.69) is 34.5 Å². The van der Waals surface area contributed by atoms with Crippen molar-refractivity contribution in [1.82, 2.24) is 20.4 Å². The molecular weight excluding hydrogens is 300 g/mol. The Hall–Kier alpha value is -0.810. The number of piperidine rings is 1. The lowest BCUT2D eigenvalue weighted by Gasteiger charge is -2.35. The van der Waals surface area contributed by atoms with Gasteiger partial charge in [0.25, 0.3) is 0 Å². The van der Waals surface area contributed by atoms with Crippen LogP contribution in [0.5, 0.6) is 0 Å². The van der Waals surface area contributed by atoms with Crippen LogP contribution in [-0.4, -0.2) is 68.2 Å². The highest BCUT2D eigenvalue weighted by molar-refractivity contribution is 5.74. The van der Waals surface area contributed by atoms with Gasteiger partial charge in [-0.25, -0.2) is 4.79 Å². The van der Waals surface area contributed by atoms with Crippen molar-refractivity contribution in [2.45, 2.75) is 76.3 Å². The third-order valence-corrected chi connectivity index (χ3v) is 5.72. The summed E-state index contributed by atoms with van der Waals surface area (Å²) in [5, 5.41) is 6.13. The monoisotopic (exact) mass is 338 g/mol. The lowest BCUT2D eigenvalue weighted by atomic mass is 9.96. The molecule has 0 unspecified atom stereocenters. The fraction of sp³-hybridized carbons (Fsp3) is 0.947. The number of nitrogens with one attached hydrogen (secondary N) is 2. The molecule has 2 amide bonds. The van der Waals surface area contributed by atoms with Crippen molar-refractivity contribution in [1.29, 1.82) is 0 Å². The van der Waals surface area contributed by atoms with Crippen LogP contribution < -0.4 is 10.6 Å². The van der Waals surface area contributed by atoms with Crippen molar-refractivity contribution in [3.05, 3.63) is 0 Å². The second-order valence-corrected chi connectivity index (χ2v) is 7.81. The van der Waals surface area contributed by atoms with E-state index in [4.69, 9.17) is 0 Å². The van der Waals surface area contributed by atoms with Crippen LogP contribution in [0.2, 0.25) is 0 Å². The van der Waals surface area contributed by atoms with Gasteiger partial charge in [0, 0.05) is 18.6 Å². The summed E-state index contributed by atoms with van der Waals surface area (Å²) in [6, 6.07) is 1.20. The second-order valence-electron chi connectivity index (χ2n) is 7.81. The predicted octanol–water partition coefficient (Wildman–Crippen LogP) is 2.81.